The van der Waals surface area contributed by atoms with Crippen molar-refractivity contribution < 1.29 is 76.6 Å². The van der Waals surface area contributed by atoms with Crippen LogP contribution in [0.4, 0.5) is 0 Å². The molecule has 0 aliphatic carbocycles. The van der Waals surface area contributed by atoms with Crippen molar-refractivity contribution in [2.75, 3.05) is 6.54 Å². The van der Waals surface area contributed by atoms with Gasteiger partial charge in [0.1, 0.15) is 0 Å². The summed E-state index contributed by atoms with van der Waals surface area (Å²) in [7, 11) is -5.17. The van der Waals surface area contributed by atoms with Crippen LogP contribution >= 0.6 is 0 Å². The summed E-state index contributed by atoms with van der Waals surface area (Å²) in [6.45, 7) is 2.62. The maximum absolute atomic E-state index is 8.52. The van der Waals surface area contributed by atoms with Gasteiger partial charge in [0.05, 0.1) is 0 Å². The second-order valence-corrected chi connectivity index (χ2v) is 2.17. The van der Waals surface area contributed by atoms with E-state index in [2.05, 4.69) is 5.32 Å². The average molecular weight is 229 g/mol. The molecule has 68 valence electrons. The van der Waals surface area contributed by atoms with E-state index in [0.717, 1.165) is 6.54 Å². The van der Waals surface area contributed by atoms with Gasteiger partial charge in [-0.3, -0.25) is 13.8 Å². The van der Waals surface area contributed by atoms with E-state index in [1.807, 2.05) is 6.92 Å². The van der Waals surface area contributed by atoms with Gasteiger partial charge in [-0.1, -0.05) is 0 Å². The second-order valence-electron chi connectivity index (χ2n) is 1.35. The van der Waals surface area contributed by atoms with Crippen molar-refractivity contribution in [3.63, 3.8) is 0 Å². The Morgan fingerprint density at radius 3 is 1.69 bits per heavy atom. The second kappa shape index (κ2) is 13.1. The normalized spacial score (nSPS) is 7.92. The van der Waals surface area contributed by atoms with Crippen LogP contribution in [0.3, 0.4) is 0 Å². The Labute approximate surface area is 122 Å². The summed E-state index contributed by atoms with van der Waals surface area (Å²) in [6, 6.07) is 0. The smallest absolute Gasteiger partial charge is 0.759 e. The van der Waals surface area contributed by atoms with E-state index in [1.54, 1.807) is 0 Å². The third kappa shape index (κ3) is 95.1. The van der Waals surface area contributed by atoms with Gasteiger partial charge in [0, 0.05) is 16.9 Å². The SMILES string of the molecule is CCNC(=N)N.O=S(=O)([O-])[O-].[Na+].[Na+]. The maximum Gasteiger partial charge on any atom is 1.00 e. The Morgan fingerprint density at radius 1 is 1.46 bits per heavy atom. The molecule has 0 atom stereocenters. The molecule has 0 bridgehead atoms. The first-order valence-electron chi connectivity index (χ1n) is 2.52. The van der Waals surface area contributed by atoms with Crippen molar-refractivity contribution in [1.82, 2.24) is 5.32 Å². The van der Waals surface area contributed by atoms with Gasteiger partial charge in [-0.25, -0.2) is 0 Å². The van der Waals surface area contributed by atoms with Gasteiger partial charge in [0.15, 0.2) is 5.96 Å². The monoisotopic (exact) mass is 229 g/mol. The van der Waals surface area contributed by atoms with E-state index in [4.69, 9.17) is 28.7 Å². The Bertz CT molecular complexity index is 199. The fraction of sp³-hybridized carbons (Fsp3) is 0.667. The molecule has 0 aliphatic heterocycles. The minimum atomic E-state index is -5.17. The molecule has 0 spiro atoms. The van der Waals surface area contributed by atoms with Crippen molar-refractivity contribution in [2.45, 2.75) is 6.92 Å². The first kappa shape index (κ1) is 23.7. The molecule has 0 unspecified atom stereocenters. The van der Waals surface area contributed by atoms with Crippen LogP contribution in [0.5, 0.6) is 0 Å². The average Bonchev–Trinajstić information content (AvgIpc) is 1.58. The Balaban J connectivity index is -0.0000000546. The minimum absolute atomic E-state index is 0. The Morgan fingerprint density at radius 2 is 1.69 bits per heavy atom. The molecule has 0 heterocycles. The van der Waals surface area contributed by atoms with E-state index in [0.29, 0.717) is 0 Å². The molecule has 0 amide bonds. The molecule has 4 N–H and O–H groups in total. The van der Waals surface area contributed by atoms with Crippen LogP contribution in [0.1, 0.15) is 6.92 Å². The van der Waals surface area contributed by atoms with E-state index in [1.165, 1.54) is 0 Å². The maximum atomic E-state index is 8.52. The molecule has 0 saturated heterocycles. The third-order valence-corrected chi connectivity index (χ3v) is 0.367. The predicted octanol–water partition coefficient (Wildman–Crippen LogP) is -7.84. The number of nitrogens with two attached hydrogens (primary N) is 1. The van der Waals surface area contributed by atoms with Crippen molar-refractivity contribution >= 4 is 16.4 Å². The summed E-state index contributed by atoms with van der Waals surface area (Å²) in [5, 5.41) is 9.13. The quantitative estimate of drug-likeness (QED) is 0.134. The summed E-state index contributed by atoms with van der Waals surface area (Å²) in [4.78, 5) is 0. The molecule has 0 aliphatic rings. The summed E-state index contributed by atoms with van der Waals surface area (Å²) in [5.41, 5.74) is 4.88. The minimum Gasteiger partial charge on any atom is -0.759 e. The van der Waals surface area contributed by atoms with Crippen LogP contribution in [0.15, 0.2) is 0 Å². The summed E-state index contributed by atoms with van der Waals surface area (Å²) >= 11 is 0. The molecule has 0 aromatic rings. The Hall–Kier alpha value is 1.14. The molecular formula is C3H9N3Na2O4S. The fourth-order valence-corrected chi connectivity index (χ4v) is 0.190. The van der Waals surface area contributed by atoms with E-state index in [9.17, 15) is 0 Å². The number of hydrogen-bond acceptors (Lipinski definition) is 5. The van der Waals surface area contributed by atoms with Crippen LogP contribution in [-0.2, 0) is 10.4 Å². The first-order valence-corrected chi connectivity index (χ1v) is 3.85. The van der Waals surface area contributed by atoms with Crippen molar-refractivity contribution in [2.24, 2.45) is 5.73 Å². The number of hydrogen-bond donors (Lipinski definition) is 3. The molecule has 0 rings (SSSR count). The van der Waals surface area contributed by atoms with E-state index >= 15 is 0 Å². The molecule has 0 aromatic heterocycles. The van der Waals surface area contributed by atoms with Crippen molar-refractivity contribution in [3.05, 3.63) is 0 Å². The van der Waals surface area contributed by atoms with Gasteiger partial charge < -0.3 is 20.2 Å². The molecule has 10 heteroatoms. The van der Waals surface area contributed by atoms with Crippen molar-refractivity contribution in [1.29, 1.82) is 5.41 Å². The third-order valence-electron chi connectivity index (χ3n) is 0.367. The van der Waals surface area contributed by atoms with E-state index < -0.39 is 10.4 Å². The zero-order valence-electron chi connectivity index (χ0n) is 7.83. The van der Waals surface area contributed by atoms with Crippen molar-refractivity contribution in [3.8, 4) is 0 Å². The zero-order valence-corrected chi connectivity index (χ0v) is 12.6. The molecule has 0 radical (unpaired) electrons. The fourth-order valence-electron chi connectivity index (χ4n) is 0.190. The predicted molar refractivity (Wildman–Crippen MR) is 36.1 cm³/mol. The van der Waals surface area contributed by atoms with Crippen LogP contribution in [0.2, 0.25) is 0 Å². The van der Waals surface area contributed by atoms with Crippen LogP contribution < -0.4 is 70.2 Å². The summed E-state index contributed by atoms with van der Waals surface area (Å²) in [6.07, 6.45) is 0. The standard InChI is InChI=1S/C3H9N3.2Na.H2O4S/c1-2-6-3(4)5;;;1-5(2,3)4/h2H2,1H3,(H4,4,5,6);;;(H2,1,2,3,4)/q;2*+1;/p-2. The van der Waals surface area contributed by atoms with Gasteiger partial charge in [-0.2, -0.15) is 0 Å². The van der Waals surface area contributed by atoms with Crippen LogP contribution in [-0.4, -0.2) is 30.0 Å². The van der Waals surface area contributed by atoms with E-state index in [-0.39, 0.29) is 65.1 Å². The molecule has 7 nitrogen and oxygen atoms in total. The van der Waals surface area contributed by atoms with Crippen LogP contribution in [0.25, 0.3) is 0 Å². The molecule has 0 saturated carbocycles. The Kier molecular flexibility index (Phi) is 24.0. The molecule has 0 aromatic carbocycles. The van der Waals surface area contributed by atoms with Gasteiger partial charge >= 0.3 is 59.1 Å². The largest absolute Gasteiger partial charge is 1.00 e. The number of guanidine groups is 1. The first-order chi connectivity index (χ1) is 4.77. The van der Waals surface area contributed by atoms with Gasteiger partial charge in [0.2, 0.25) is 0 Å². The molecule has 0 fully saturated rings. The number of rotatable bonds is 1. The topological polar surface area (TPSA) is 142 Å². The zero-order chi connectivity index (χ0) is 9.49. The van der Waals surface area contributed by atoms with Gasteiger partial charge in [-0.15, -0.1) is 0 Å². The molecular weight excluding hydrogens is 220 g/mol. The molecule has 13 heavy (non-hydrogen) atoms. The summed E-state index contributed by atoms with van der Waals surface area (Å²) in [5.74, 6) is 0.0394. The summed E-state index contributed by atoms with van der Waals surface area (Å²) < 4.78 is 34.1. The van der Waals surface area contributed by atoms with Gasteiger partial charge in [0.25, 0.3) is 0 Å². The van der Waals surface area contributed by atoms with Gasteiger partial charge in [-0.05, 0) is 6.92 Å². The van der Waals surface area contributed by atoms with Crippen LogP contribution in [0, 0.1) is 5.41 Å². The number of nitrogens with one attached hydrogen (secondary N) is 2.